The summed E-state index contributed by atoms with van der Waals surface area (Å²) in [5.41, 5.74) is 0. The molecule has 1 aromatic rings. The van der Waals surface area contributed by atoms with Gasteiger partial charge in [-0.1, -0.05) is 0 Å². The van der Waals surface area contributed by atoms with Gasteiger partial charge in [0.25, 0.3) is 0 Å². The second kappa shape index (κ2) is 6.98. The zero-order chi connectivity index (χ0) is 8.53. The number of aliphatic hydroxyl groups is 2. The Morgan fingerprint density at radius 3 is 1.73 bits per heavy atom. The highest BCUT2D eigenvalue weighted by molar-refractivity contribution is 5.80. The van der Waals surface area contributed by atoms with E-state index >= 15 is 0 Å². The summed E-state index contributed by atoms with van der Waals surface area (Å²) in [5, 5.41) is 15.7. The third kappa shape index (κ3) is 6.76. The zero-order valence-corrected chi connectivity index (χ0v) is 5.93. The summed E-state index contributed by atoms with van der Waals surface area (Å²) in [5.74, 6) is -0.546. The lowest BCUT2D eigenvalue weighted by Gasteiger charge is -1.81. The van der Waals surface area contributed by atoms with Crippen LogP contribution in [0.25, 0.3) is 0 Å². The molecular formula is C7H10O4. The summed E-state index contributed by atoms with van der Waals surface area (Å²) < 4.78 is 4.58. The summed E-state index contributed by atoms with van der Waals surface area (Å²) in [6.45, 7) is -1.12. The molecule has 0 unspecified atom stereocenters. The van der Waals surface area contributed by atoms with Crippen LogP contribution < -0.4 is 0 Å². The van der Waals surface area contributed by atoms with Crippen LogP contribution in [-0.4, -0.2) is 29.2 Å². The predicted molar refractivity (Wildman–Crippen MR) is 37.9 cm³/mol. The molecule has 0 radical (unpaired) electrons. The van der Waals surface area contributed by atoms with E-state index in [0.717, 1.165) is 0 Å². The number of Topliss-reactive ketones (excluding diaryl/α,β-unsaturated/α-hetero) is 1. The van der Waals surface area contributed by atoms with E-state index in [2.05, 4.69) is 4.42 Å². The van der Waals surface area contributed by atoms with Gasteiger partial charge in [-0.05, 0) is 12.1 Å². The number of carbonyl (C=O) groups excluding carboxylic acids is 1. The number of carbonyl (C=O) groups is 1. The topological polar surface area (TPSA) is 70.7 Å². The Hall–Kier alpha value is -1.13. The Bertz CT molecular complexity index is 145. The van der Waals surface area contributed by atoms with Crippen LogP contribution in [0.5, 0.6) is 0 Å². The third-order valence-electron chi connectivity index (χ3n) is 0.778. The van der Waals surface area contributed by atoms with Gasteiger partial charge in [-0.2, -0.15) is 0 Å². The molecular weight excluding hydrogens is 148 g/mol. The maximum absolute atomic E-state index is 9.68. The van der Waals surface area contributed by atoms with E-state index in [1.807, 2.05) is 12.1 Å². The number of hydrogen-bond acceptors (Lipinski definition) is 4. The molecule has 0 bridgehead atoms. The summed E-state index contributed by atoms with van der Waals surface area (Å²) in [7, 11) is 0. The molecule has 1 rings (SSSR count). The van der Waals surface area contributed by atoms with E-state index in [4.69, 9.17) is 10.2 Å². The Kier molecular flexibility index (Phi) is 6.27. The predicted octanol–water partition coefficient (Wildman–Crippen LogP) is -0.180. The standard InChI is InChI=1S/C4H4O.C3H6O3/c1-2-4-5-3-1;4-1-3(6)2-5/h1-4H;4-5H,1-2H2. The smallest absolute Gasteiger partial charge is 0.183 e. The molecule has 4 nitrogen and oxygen atoms in total. The first-order chi connectivity index (χ1) is 5.31. The highest BCUT2D eigenvalue weighted by Crippen LogP contribution is 1.79. The molecule has 0 spiro atoms. The van der Waals surface area contributed by atoms with Gasteiger partial charge in [-0.3, -0.25) is 4.79 Å². The summed E-state index contributed by atoms with van der Waals surface area (Å²) >= 11 is 0. The first-order valence-electron chi connectivity index (χ1n) is 3.02. The van der Waals surface area contributed by atoms with Crippen LogP contribution in [0.3, 0.4) is 0 Å². The lowest BCUT2D eigenvalue weighted by molar-refractivity contribution is -0.124. The SMILES string of the molecule is O=C(CO)CO.c1ccoc1. The first-order valence-corrected chi connectivity index (χ1v) is 3.02. The van der Waals surface area contributed by atoms with Crippen molar-refractivity contribution >= 4 is 5.78 Å². The molecule has 0 aliphatic rings. The summed E-state index contributed by atoms with van der Waals surface area (Å²) in [6, 6.07) is 3.67. The van der Waals surface area contributed by atoms with E-state index in [9.17, 15) is 4.79 Å². The number of rotatable bonds is 2. The van der Waals surface area contributed by atoms with Crippen LogP contribution in [0.4, 0.5) is 0 Å². The molecule has 0 fully saturated rings. The van der Waals surface area contributed by atoms with Crippen molar-refractivity contribution in [3.05, 3.63) is 24.7 Å². The van der Waals surface area contributed by atoms with Gasteiger partial charge in [0.2, 0.25) is 0 Å². The molecule has 0 aliphatic heterocycles. The molecule has 1 aromatic heterocycles. The molecule has 11 heavy (non-hydrogen) atoms. The normalized spacial score (nSPS) is 8.18. The number of aliphatic hydroxyl groups excluding tert-OH is 2. The molecule has 2 N–H and O–H groups in total. The van der Waals surface area contributed by atoms with E-state index in [1.165, 1.54) is 0 Å². The van der Waals surface area contributed by atoms with Crippen LogP contribution >= 0.6 is 0 Å². The molecule has 1 heterocycles. The Balaban J connectivity index is 0.000000183. The van der Waals surface area contributed by atoms with Gasteiger partial charge in [0, 0.05) is 0 Å². The average Bonchev–Trinajstić information content (AvgIpc) is 2.60. The molecule has 62 valence electrons. The average molecular weight is 158 g/mol. The lowest BCUT2D eigenvalue weighted by Crippen LogP contribution is -2.07. The molecule has 0 saturated heterocycles. The van der Waals surface area contributed by atoms with Gasteiger partial charge in [-0.25, -0.2) is 0 Å². The quantitative estimate of drug-likeness (QED) is 0.626. The van der Waals surface area contributed by atoms with E-state index in [1.54, 1.807) is 12.5 Å². The molecule has 0 amide bonds. The number of ketones is 1. The monoisotopic (exact) mass is 158 g/mol. The van der Waals surface area contributed by atoms with Crippen molar-refractivity contribution in [3.8, 4) is 0 Å². The van der Waals surface area contributed by atoms with Crippen LogP contribution in [-0.2, 0) is 4.79 Å². The first kappa shape index (κ1) is 9.87. The molecule has 0 saturated carbocycles. The Labute approximate surface area is 64.1 Å². The van der Waals surface area contributed by atoms with Crippen LogP contribution in [0.1, 0.15) is 0 Å². The minimum atomic E-state index is -0.559. The largest absolute Gasteiger partial charge is 0.473 e. The minimum Gasteiger partial charge on any atom is -0.473 e. The summed E-state index contributed by atoms with van der Waals surface area (Å²) in [4.78, 5) is 9.68. The number of furan rings is 1. The van der Waals surface area contributed by atoms with Gasteiger partial charge in [0.1, 0.15) is 13.2 Å². The molecule has 4 heteroatoms. The van der Waals surface area contributed by atoms with Crippen molar-refractivity contribution in [1.29, 1.82) is 0 Å². The second-order valence-corrected chi connectivity index (χ2v) is 1.65. The van der Waals surface area contributed by atoms with Crippen LogP contribution in [0.2, 0.25) is 0 Å². The van der Waals surface area contributed by atoms with Crippen LogP contribution in [0, 0.1) is 0 Å². The fourth-order valence-electron chi connectivity index (χ4n) is 0.277. The van der Waals surface area contributed by atoms with Crippen molar-refractivity contribution in [2.45, 2.75) is 0 Å². The van der Waals surface area contributed by atoms with Crippen LogP contribution in [0.15, 0.2) is 29.1 Å². The molecule has 0 aliphatic carbocycles. The fourth-order valence-corrected chi connectivity index (χ4v) is 0.277. The second-order valence-electron chi connectivity index (χ2n) is 1.65. The van der Waals surface area contributed by atoms with E-state index < -0.39 is 19.0 Å². The Morgan fingerprint density at radius 1 is 1.18 bits per heavy atom. The van der Waals surface area contributed by atoms with E-state index in [0.29, 0.717) is 0 Å². The number of hydrogen-bond donors (Lipinski definition) is 2. The van der Waals surface area contributed by atoms with Crippen molar-refractivity contribution in [3.63, 3.8) is 0 Å². The lowest BCUT2D eigenvalue weighted by atomic mass is 10.5. The van der Waals surface area contributed by atoms with Crippen molar-refractivity contribution in [2.75, 3.05) is 13.2 Å². The van der Waals surface area contributed by atoms with Gasteiger partial charge in [0.05, 0.1) is 12.5 Å². The van der Waals surface area contributed by atoms with Gasteiger partial charge < -0.3 is 14.6 Å². The van der Waals surface area contributed by atoms with E-state index in [-0.39, 0.29) is 0 Å². The maximum atomic E-state index is 9.68. The zero-order valence-electron chi connectivity index (χ0n) is 5.93. The summed E-state index contributed by atoms with van der Waals surface area (Å²) in [6.07, 6.45) is 3.25. The highest BCUT2D eigenvalue weighted by atomic mass is 16.3. The third-order valence-corrected chi connectivity index (χ3v) is 0.778. The highest BCUT2D eigenvalue weighted by Gasteiger charge is 1.89. The van der Waals surface area contributed by atoms with Crippen molar-refractivity contribution in [1.82, 2.24) is 0 Å². The van der Waals surface area contributed by atoms with Gasteiger partial charge >= 0.3 is 0 Å². The molecule has 0 atom stereocenters. The van der Waals surface area contributed by atoms with Crippen molar-refractivity contribution < 1.29 is 19.4 Å². The minimum absolute atomic E-state index is 0.546. The van der Waals surface area contributed by atoms with Gasteiger partial charge in [-0.15, -0.1) is 0 Å². The maximum Gasteiger partial charge on any atom is 0.183 e. The fraction of sp³-hybridized carbons (Fsp3) is 0.286. The van der Waals surface area contributed by atoms with Gasteiger partial charge in [0.15, 0.2) is 5.78 Å². The molecule has 0 aromatic carbocycles. The Morgan fingerprint density at radius 2 is 1.64 bits per heavy atom. The van der Waals surface area contributed by atoms with Crippen molar-refractivity contribution in [2.24, 2.45) is 0 Å².